The predicted molar refractivity (Wildman–Crippen MR) is 96.7 cm³/mol. The van der Waals surface area contributed by atoms with Crippen molar-refractivity contribution in [2.75, 3.05) is 35.0 Å². The summed E-state index contributed by atoms with van der Waals surface area (Å²) in [4.78, 5) is 8.21. The highest BCUT2D eigenvalue weighted by Crippen LogP contribution is 2.50. The molecule has 1 saturated heterocycles. The molecule has 0 spiro atoms. The van der Waals surface area contributed by atoms with Crippen LogP contribution in [0.5, 0.6) is 0 Å². The minimum absolute atomic E-state index is 0.275. The van der Waals surface area contributed by atoms with E-state index in [1.807, 2.05) is 0 Å². The number of thioether (sulfide) groups is 1. The van der Waals surface area contributed by atoms with Gasteiger partial charge in [0.2, 0.25) is 0 Å². The van der Waals surface area contributed by atoms with Crippen molar-refractivity contribution >= 4 is 35.2 Å². The molecule has 24 heavy (non-hydrogen) atoms. The molecule has 4 rings (SSSR count). The number of hydrogen-bond donors (Lipinski definition) is 0. The Morgan fingerprint density at radius 2 is 2.25 bits per heavy atom. The van der Waals surface area contributed by atoms with Crippen molar-refractivity contribution in [1.29, 1.82) is 5.26 Å². The highest BCUT2D eigenvalue weighted by Gasteiger charge is 2.41. The van der Waals surface area contributed by atoms with Crippen molar-refractivity contribution in [2.45, 2.75) is 49.0 Å². The average molecular weight is 365 g/mol. The van der Waals surface area contributed by atoms with E-state index in [-0.39, 0.29) is 11.5 Å². The van der Waals surface area contributed by atoms with Crippen LogP contribution in [0.25, 0.3) is 0 Å². The molecule has 2 fully saturated rings. The molecule has 7 heteroatoms. The molecule has 1 aromatic heterocycles. The molecule has 3 aliphatic rings. The van der Waals surface area contributed by atoms with Gasteiger partial charge in [0.05, 0.1) is 41.5 Å². The van der Waals surface area contributed by atoms with Crippen LogP contribution in [0.3, 0.4) is 0 Å². The van der Waals surface area contributed by atoms with Crippen LogP contribution in [-0.2, 0) is 10.2 Å². The highest BCUT2D eigenvalue weighted by atomic mass is 35.5. The van der Waals surface area contributed by atoms with Gasteiger partial charge in [0.15, 0.2) is 5.82 Å². The van der Waals surface area contributed by atoms with Crippen LogP contribution in [0.2, 0.25) is 0 Å². The number of nitrogens with zero attached hydrogens (tertiary/aromatic N) is 4. The van der Waals surface area contributed by atoms with Crippen molar-refractivity contribution in [3.8, 4) is 6.07 Å². The number of anilines is 2. The van der Waals surface area contributed by atoms with Crippen molar-refractivity contribution in [2.24, 2.45) is 0 Å². The Bertz CT molecular complexity index is 686. The number of hydrogen-bond acceptors (Lipinski definition) is 6. The summed E-state index contributed by atoms with van der Waals surface area (Å²) in [5.74, 6) is 2.42. The summed E-state index contributed by atoms with van der Waals surface area (Å²) >= 11 is 8.08. The van der Waals surface area contributed by atoms with Gasteiger partial charge in [-0.2, -0.15) is 5.26 Å². The molecule has 128 valence electrons. The monoisotopic (exact) mass is 364 g/mol. The van der Waals surface area contributed by atoms with Crippen LogP contribution in [0, 0.1) is 11.3 Å². The number of nitriles is 1. The minimum Gasteiger partial charge on any atom is -0.377 e. The van der Waals surface area contributed by atoms with E-state index in [1.165, 1.54) is 0 Å². The lowest BCUT2D eigenvalue weighted by Crippen LogP contribution is -2.44. The maximum Gasteiger partial charge on any atom is 0.160 e. The SMILES string of the molecule is C[C@@H]1COCCN1c1cc(C2(C#N)CCCC2)c2c(n1)N(Cl)CS2. The van der Waals surface area contributed by atoms with Crippen LogP contribution < -0.4 is 9.32 Å². The molecule has 0 aromatic carbocycles. The summed E-state index contributed by atoms with van der Waals surface area (Å²) in [7, 11) is 0. The Morgan fingerprint density at radius 3 is 2.96 bits per heavy atom. The van der Waals surface area contributed by atoms with Gasteiger partial charge in [-0.05, 0) is 31.4 Å². The lowest BCUT2D eigenvalue weighted by molar-refractivity contribution is 0.0985. The number of ether oxygens (including phenoxy) is 1. The second kappa shape index (κ2) is 6.29. The van der Waals surface area contributed by atoms with Gasteiger partial charge in [0.25, 0.3) is 0 Å². The van der Waals surface area contributed by atoms with Crippen LogP contribution in [-0.4, -0.2) is 36.7 Å². The Balaban J connectivity index is 1.84. The maximum absolute atomic E-state index is 9.96. The fourth-order valence-electron chi connectivity index (χ4n) is 3.99. The zero-order valence-electron chi connectivity index (χ0n) is 13.8. The van der Waals surface area contributed by atoms with Crippen molar-refractivity contribution in [1.82, 2.24) is 4.98 Å². The number of aromatic nitrogens is 1. The first-order valence-electron chi connectivity index (χ1n) is 8.52. The molecule has 1 aliphatic carbocycles. The molecule has 5 nitrogen and oxygen atoms in total. The van der Waals surface area contributed by atoms with E-state index in [2.05, 4.69) is 24.0 Å². The van der Waals surface area contributed by atoms with Crippen molar-refractivity contribution in [3.05, 3.63) is 11.6 Å². The molecule has 1 atom stereocenters. The second-order valence-electron chi connectivity index (χ2n) is 6.83. The number of pyridine rings is 1. The Morgan fingerprint density at radius 1 is 1.46 bits per heavy atom. The van der Waals surface area contributed by atoms with Gasteiger partial charge in [-0.3, -0.25) is 4.42 Å². The second-order valence-corrected chi connectivity index (χ2v) is 8.20. The molecular formula is C17H21ClN4OS. The molecule has 0 radical (unpaired) electrons. The van der Waals surface area contributed by atoms with Gasteiger partial charge in [-0.25, -0.2) is 4.98 Å². The van der Waals surface area contributed by atoms with Crippen LogP contribution >= 0.6 is 23.5 Å². The standard InChI is InChI=1S/C17H21ClN4OS/c1-12-9-23-7-6-21(12)14-8-13(17(10-19)4-2-3-5-17)15-16(20-14)22(18)11-24-15/h8,12H,2-7,9,11H2,1H3/t12-/m1/s1. The number of halogens is 1. The third kappa shape index (κ3) is 2.54. The normalized spacial score (nSPS) is 25.6. The molecular weight excluding hydrogens is 344 g/mol. The molecule has 2 aliphatic heterocycles. The van der Waals surface area contributed by atoms with Gasteiger partial charge >= 0.3 is 0 Å². The first kappa shape index (κ1) is 16.3. The van der Waals surface area contributed by atoms with E-state index in [0.717, 1.165) is 54.3 Å². The summed E-state index contributed by atoms with van der Waals surface area (Å²) < 4.78 is 7.23. The van der Waals surface area contributed by atoms with E-state index in [1.54, 1.807) is 16.2 Å². The van der Waals surface area contributed by atoms with Crippen LogP contribution in [0.15, 0.2) is 11.0 Å². The van der Waals surface area contributed by atoms with Gasteiger partial charge in [0.1, 0.15) is 5.82 Å². The third-order valence-electron chi connectivity index (χ3n) is 5.34. The smallest absolute Gasteiger partial charge is 0.160 e. The quantitative estimate of drug-likeness (QED) is 0.746. The topological polar surface area (TPSA) is 52.4 Å². The van der Waals surface area contributed by atoms with E-state index in [0.29, 0.717) is 19.1 Å². The molecule has 3 heterocycles. The lowest BCUT2D eigenvalue weighted by atomic mass is 9.80. The fraction of sp³-hybridized carbons (Fsp3) is 0.647. The van der Waals surface area contributed by atoms with Gasteiger partial charge in [0, 0.05) is 18.3 Å². The summed E-state index contributed by atoms with van der Waals surface area (Å²) in [5.41, 5.74) is 0.751. The lowest BCUT2D eigenvalue weighted by Gasteiger charge is -2.35. The Labute approximate surface area is 152 Å². The molecule has 0 N–H and O–H groups in total. The van der Waals surface area contributed by atoms with Crippen molar-refractivity contribution < 1.29 is 4.74 Å². The predicted octanol–water partition coefficient (Wildman–Crippen LogP) is 3.67. The fourth-order valence-corrected chi connectivity index (χ4v) is 5.36. The van der Waals surface area contributed by atoms with E-state index < -0.39 is 0 Å². The average Bonchev–Trinajstić information content (AvgIpc) is 3.23. The first-order valence-corrected chi connectivity index (χ1v) is 9.84. The van der Waals surface area contributed by atoms with Gasteiger partial charge in [-0.1, -0.05) is 24.6 Å². The third-order valence-corrected chi connectivity index (χ3v) is 6.84. The molecule has 1 saturated carbocycles. The maximum atomic E-state index is 9.96. The summed E-state index contributed by atoms with van der Waals surface area (Å²) in [6, 6.07) is 5.06. The minimum atomic E-state index is -0.383. The summed E-state index contributed by atoms with van der Waals surface area (Å²) in [6.07, 6.45) is 4.09. The first-order chi connectivity index (χ1) is 11.6. The number of rotatable bonds is 2. The highest BCUT2D eigenvalue weighted by molar-refractivity contribution is 8.00. The largest absolute Gasteiger partial charge is 0.377 e. The Hall–Kier alpha value is -1.16. The zero-order chi connectivity index (χ0) is 16.7. The molecule has 0 amide bonds. The summed E-state index contributed by atoms with van der Waals surface area (Å²) in [6.45, 7) is 4.38. The zero-order valence-corrected chi connectivity index (χ0v) is 15.4. The van der Waals surface area contributed by atoms with E-state index in [9.17, 15) is 5.26 Å². The number of morpholine rings is 1. The van der Waals surface area contributed by atoms with E-state index >= 15 is 0 Å². The van der Waals surface area contributed by atoms with Crippen molar-refractivity contribution in [3.63, 3.8) is 0 Å². The molecule has 0 unspecified atom stereocenters. The van der Waals surface area contributed by atoms with Crippen LogP contribution in [0.1, 0.15) is 38.2 Å². The molecule has 1 aromatic rings. The van der Waals surface area contributed by atoms with Gasteiger partial charge < -0.3 is 9.64 Å². The Kier molecular flexibility index (Phi) is 4.27. The van der Waals surface area contributed by atoms with Gasteiger partial charge in [-0.15, -0.1) is 0 Å². The van der Waals surface area contributed by atoms with E-state index in [4.69, 9.17) is 21.5 Å². The number of fused-ring (bicyclic) bond motifs is 1. The summed E-state index contributed by atoms with van der Waals surface area (Å²) in [5, 5.41) is 9.96. The van der Waals surface area contributed by atoms with Crippen LogP contribution in [0.4, 0.5) is 11.6 Å². The molecule has 0 bridgehead atoms.